The first-order valence-electron chi connectivity index (χ1n) is 6.70. The summed E-state index contributed by atoms with van der Waals surface area (Å²) in [6.07, 6.45) is 6.12. The minimum atomic E-state index is 0.0221. The zero-order valence-electron chi connectivity index (χ0n) is 11.3. The van der Waals surface area contributed by atoms with Crippen molar-refractivity contribution >= 4 is 16.8 Å². The molecule has 0 unspecified atom stereocenters. The van der Waals surface area contributed by atoms with Crippen molar-refractivity contribution in [2.24, 2.45) is 0 Å². The molecule has 1 aromatic carbocycles. The van der Waals surface area contributed by atoms with Gasteiger partial charge in [0.1, 0.15) is 0 Å². The summed E-state index contributed by atoms with van der Waals surface area (Å²) in [7, 11) is 0. The molecule has 1 amide bonds. The van der Waals surface area contributed by atoms with Crippen LogP contribution >= 0.6 is 0 Å². The van der Waals surface area contributed by atoms with E-state index in [1.165, 1.54) is 5.56 Å². The van der Waals surface area contributed by atoms with Gasteiger partial charge in [0, 0.05) is 28.2 Å². The maximum Gasteiger partial charge on any atom is 0.251 e. The van der Waals surface area contributed by atoms with Crippen LogP contribution in [0.5, 0.6) is 0 Å². The van der Waals surface area contributed by atoms with Gasteiger partial charge in [-0.05, 0) is 50.5 Å². The van der Waals surface area contributed by atoms with Gasteiger partial charge in [0.25, 0.3) is 5.91 Å². The number of fused-ring (bicyclic) bond motifs is 1. The number of hydrogen-bond acceptors (Lipinski definition) is 1. The Morgan fingerprint density at radius 2 is 2.00 bits per heavy atom. The average molecular weight is 254 g/mol. The average Bonchev–Trinajstić information content (AvgIpc) is 2.99. The minimum absolute atomic E-state index is 0.0221. The number of benzene rings is 1. The molecule has 1 aliphatic carbocycles. The quantitative estimate of drug-likeness (QED) is 0.794. The van der Waals surface area contributed by atoms with E-state index in [4.69, 9.17) is 0 Å². The predicted molar refractivity (Wildman–Crippen MR) is 77.4 cm³/mol. The second-order valence-corrected chi connectivity index (χ2v) is 5.25. The lowest BCUT2D eigenvalue weighted by atomic mass is 10.1. The normalized spacial score (nSPS) is 15.3. The van der Waals surface area contributed by atoms with E-state index in [2.05, 4.69) is 36.3 Å². The second-order valence-electron chi connectivity index (χ2n) is 5.25. The number of nitrogens with one attached hydrogen (secondary N) is 2. The molecule has 1 aliphatic rings. The Kier molecular flexibility index (Phi) is 2.90. The van der Waals surface area contributed by atoms with E-state index in [1.54, 1.807) is 0 Å². The van der Waals surface area contributed by atoms with Gasteiger partial charge in [0.2, 0.25) is 0 Å². The first-order valence-corrected chi connectivity index (χ1v) is 6.70. The molecule has 0 spiro atoms. The van der Waals surface area contributed by atoms with E-state index >= 15 is 0 Å². The third kappa shape index (κ3) is 2.16. The second kappa shape index (κ2) is 4.57. The van der Waals surface area contributed by atoms with Gasteiger partial charge in [-0.15, -0.1) is 0 Å². The summed E-state index contributed by atoms with van der Waals surface area (Å²) in [5.74, 6) is 0.0221. The summed E-state index contributed by atoms with van der Waals surface area (Å²) < 4.78 is 0. The largest absolute Gasteiger partial charge is 0.358 e. The van der Waals surface area contributed by atoms with Crippen molar-refractivity contribution in [3.05, 3.63) is 47.2 Å². The Labute approximate surface area is 112 Å². The van der Waals surface area contributed by atoms with Crippen LogP contribution in [0.15, 0.2) is 30.4 Å². The van der Waals surface area contributed by atoms with Crippen LogP contribution in [0.2, 0.25) is 0 Å². The Morgan fingerprint density at radius 3 is 2.74 bits per heavy atom. The Bertz CT molecular complexity index is 659. The Morgan fingerprint density at radius 1 is 1.26 bits per heavy atom. The topological polar surface area (TPSA) is 44.9 Å². The molecule has 1 aromatic heterocycles. The van der Waals surface area contributed by atoms with Crippen LogP contribution in [0.4, 0.5) is 0 Å². The van der Waals surface area contributed by atoms with Crippen LogP contribution in [0, 0.1) is 13.8 Å². The zero-order valence-corrected chi connectivity index (χ0v) is 11.3. The van der Waals surface area contributed by atoms with Gasteiger partial charge in [0.05, 0.1) is 0 Å². The van der Waals surface area contributed by atoms with Gasteiger partial charge in [-0.25, -0.2) is 0 Å². The number of amides is 1. The summed E-state index contributed by atoms with van der Waals surface area (Å²) in [4.78, 5) is 15.5. The van der Waals surface area contributed by atoms with Gasteiger partial charge < -0.3 is 10.3 Å². The molecule has 19 heavy (non-hydrogen) atoms. The molecule has 0 bridgehead atoms. The van der Waals surface area contributed by atoms with Crippen molar-refractivity contribution in [1.29, 1.82) is 0 Å². The maximum atomic E-state index is 12.2. The van der Waals surface area contributed by atoms with Crippen LogP contribution < -0.4 is 5.32 Å². The molecule has 3 heteroatoms. The van der Waals surface area contributed by atoms with Crippen molar-refractivity contribution in [1.82, 2.24) is 10.3 Å². The summed E-state index contributed by atoms with van der Waals surface area (Å²) in [6.45, 7) is 4.13. The highest BCUT2D eigenvalue weighted by molar-refractivity contribution is 5.99. The van der Waals surface area contributed by atoms with Gasteiger partial charge in [0.15, 0.2) is 0 Å². The van der Waals surface area contributed by atoms with Crippen molar-refractivity contribution in [3.8, 4) is 0 Å². The fourth-order valence-corrected chi connectivity index (χ4v) is 2.61. The number of aromatic nitrogens is 1. The molecule has 0 aliphatic heterocycles. The van der Waals surface area contributed by atoms with Crippen molar-refractivity contribution in [2.45, 2.75) is 32.7 Å². The molecule has 3 rings (SSSR count). The van der Waals surface area contributed by atoms with Gasteiger partial charge >= 0.3 is 0 Å². The van der Waals surface area contributed by atoms with Crippen LogP contribution in [0.1, 0.15) is 34.5 Å². The Hall–Kier alpha value is -2.03. The molecular formula is C16H18N2O. The van der Waals surface area contributed by atoms with E-state index in [0.717, 1.165) is 35.0 Å². The lowest BCUT2D eigenvalue weighted by Gasteiger charge is -2.12. The SMILES string of the molecule is Cc1[nH]c2ccc(C(=O)NC3CC=CC3)cc2c1C. The van der Waals surface area contributed by atoms with E-state index < -0.39 is 0 Å². The molecule has 0 fully saturated rings. The van der Waals surface area contributed by atoms with Crippen molar-refractivity contribution in [3.63, 3.8) is 0 Å². The van der Waals surface area contributed by atoms with Crippen LogP contribution in [0.3, 0.4) is 0 Å². The Balaban J connectivity index is 1.87. The predicted octanol–water partition coefficient (Wildman–Crippen LogP) is 3.23. The lowest BCUT2D eigenvalue weighted by molar-refractivity contribution is 0.0939. The fraction of sp³-hybridized carbons (Fsp3) is 0.312. The van der Waals surface area contributed by atoms with E-state index in [-0.39, 0.29) is 11.9 Å². The van der Waals surface area contributed by atoms with Gasteiger partial charge in [-0.3, -0.25) is 4.79 Å². The molecule has 0 radical (unpaired) electrons. The molecular weight excluding hydrogens is 236 g/mol. The third-order valence-electron chi connectivity index (χ3n) is 3.91. The molecule has 0 atom stereocenters. The summed E-state index contributed by atoms with van der Waals surface area (Å²) >= 11 is 0. The van der Waals surface area contributed by atoms with Gasteiger partial charge in [-0.2, -0.15) is 0 Å². The molecule has 1 heterocycles. The highest BCUT2D eigenvalue weighted by Crippen LogP contribution is 2.22. The summed E-state index contributed by atoms with van der Waals surface area (Å²) in [5.41, 5.74) is 4.20. The third-order valence-corrected chi connectivity index (χ3v) is 3.91. The highest BCUT2D eigenvalue weighted by atomic mass is 16.1. The smallest absolute Gasteiger partial charge is 0.251 e. The summed E-state index contributed by atoms with van der Waals surface area (Å²) in [5, 5.41) is 4.21. The standard InChI is InChI=1S/C16H18N2O/c1-10-11(2)17-15-8-7-12(9-14(10)15)16(19)18-13-5-3-4-6-13/h3-4,7-9,13,17H,5-6H2,1-2H3,(H,18,19). The molecule has 0 saturated heterocycles. The first-order chi connectivity index (χ1) is 9.15. The summed E-state index contributed by atoms with van der Waals surface area (Å²) in [6, 6.07) is 6.11. The first kappa shape index (κ1) is 12.0. The zero-order chi connectivity index (χ0) is 13.4. The number of aryl methyl sites for hydroxylation is 2. The number of rotatable bonds is 2. The maximum absolute atomic E-state index is 12.2. The van der Waals surface area contributed by atoms with E-state index in [9.17, 15) is 4.79 Å². The molecule has 3 nitrogen and oxygen atoms in total. The molecule has 98 valence electrons. The minimum Gasteiger partial charge on any atom is -0.358 e. The monoisotopic (exact) mass is 254 g/mol. The molecule has 2 aromatic rings. The van der Waals surface area contributed by atoms with E-state index in [0.29, 0.717) is 0 Å². The number of carbonyl (C=O) groups is 1. The number of hydrogen-bond donors (Lipinski definition) is 2. The van der Waals surface area contributed by atoms with Gasteiger partial charge in [-0.1, -0.05) is 12.2 Å². The number of H-pyrrole nitrogens is 1. The molecule has 0 saturated carbocycles. The lowest BCUT2D eigenvalue weighted by Crippen LogP contribution is -2.32. The number of aromatic amines is 1. The van der Waals surface area contributed by atoms with E-state index in [1.807, 2.05) is 18.2 Å². The van der Waals surface area contributed by atoms with Crippen LogP contribution in [-0.2, 0) is 0 Å². The number of carbonyl (C=O) groups excluding carboxylic acids is 1. The molecule has 2 N–H and O–H groups in total. The van der Waals surface area contributed by atoms with Crippen molar-refractivity contribution in [2.75, 3.05) is 0 Å². The van der Waals surface area contributed by atoms with Crippen LogP contribution in [0.25, 0.3) is 10.9 Å². The van der Waals surface area contributed by atoms with Crippen LogP contribution in [-0.4, -0.2) is 16.9 Å². The highest BCUT2D eigenvalue weighted by Gasteiger charge is 2.15. The van der Waals surface area contributed by atoms with Crippen molar-refractivity contribution < 1.29 is 4.79 Å². The fourth-order valence-electron chi connectivity index (χ4n) is 2.61.